The van der Waals surface area contributed by atoms with Gasteiger partial charge >= 0.3 is 5.97 Å². The number of benzene rings is 1. The van der Waals surface area contributed by atoms with Gasteiger partial charge in [0, 0.05) is 32.0 Å². The van der Waals surface area contributed by atoms with Crippen LogP contribution >= 0.6 is 0 Å². The summed E-state index contributed by atoms with van der Waals surface area (Å²) in [5.41, 5.74) is 2.85. The van der Waals surface area contributed by atoms with Gasteiger partial charge in [0.1, 0.15) is 0 Å². The number of nitrogens with one attached hydrogen (secondary N) is 1. The highest BCUT2D eigenvalue weighted by Crippen LogP contribution is 2.35. The van der Waals surface area contributed by atoms with Gasteiger partial charge in [0.15, 0.2) is 0 Å². The van der Waals surface area contributed by atoms with Gasteiger partial charge in [-0.05, 0) is 11.6 Å². The maximum absolute atomic E-state index is 12.5. The van der Waals surface area contributed by atoms with Gasteiger partial charge < -0.3 is 15.3 Å². The topological polar surface area (TPSA) is 87.5 Å². The smallest absolute Gasteiger partial charge is 0.335 e. The molecule has 3 heterocycles. The molecule has 24 heavy (non-hydrogen) atoms. The zero-order valence-corrected chi connectivity index (χ0v) is 13.1. The number of carbonyl (C=O) groups excluding carboxylic acids is 1. The van der Waals surface area contributed by atoms with Gasteiger partial charge in [-0.15, -0.1) is 0 Å². The molecule has 1 saturated heterocycles. The summed E-state index contributed by atoms with van der Waals surface area (Å²) in [6.07, 6.45) is 2.06. The molecule has 0 saturated carbocycles. The van der Waals surface area contributed by atoms with Crippen LogP contribution in [-0.4, -0.2) is 39.9 Å². The van der Waals surface area contributed by atoms with Gasteiger partial charge in [-0.2, -0.15) is 5.10 Å². The Morgan fingerprint density at radius 3 is 3.00 bits per heavy atom. The lowest BCUT2D eigenvalue weighted by Crippen LogP contribution is -2.31. The maximum atomic E-state index is 12.5. The highest BCUT2D eigenvalue weighted by atomic mass is 16.4. The van der Waals surface area contributed by atoms with Crippen molar-refractivity contribution in [1.29, 1.82) is 0 Å². The summed E-state index contributed by atoms with van der Waals surface area (Å²) < 4.78 is 1.93. The van der Waals surface area contributed by atoms with E-state index < -0.39 is 5.97 Å². The minimum Gasteiger partial charge on any atom is -0.478 e. The molecule has 1 aromatic heterocycles. The molecule has 7 heteroatoms. The van der Waals surface area contributed by atoms with Crippen molar-refractivity contribution in [2.24, 2.45) is 0 Å². The first kappa shape index (κ1) is 14.9. The molecule has 1 aromatic carbocycles. The Morgan fingerprint density at radius 2 is 2.17 bits per heavy atom. The number of carboxylic acid groups (broad SMARTS) is 1. The number of rotatable bonds is 3. The SMILES string of the molecule is O=C(O)c1ccccc1C1CC(=O)N(c2cnn3c2CNCC3)C1. The van der Waals surface area contributed by atoms with Gasteiger partial charge in [-0.1, -0.05) is 18.2 Å². The molecule has 0 radical (unpaired) electrons. The van der Waals surface area contributed by atoms with E-state index in [4.69, 9.17) is 0 Å². The van der Waals surface area contributed by atoms with Crippen LogP contribution in [0, 0.1) is 0 Å². The van der Waals surface area contributed by atoms with Crippen molar-refractivity contribution in [3.05, 3.63) is 47.3 Å². The monoisotopic (exact) mass is 326 g/mol. The van der Waals surface area contributed by atoms with Crippen molar-refractivity contribution >= 4 is 17.6 Å². The summed E-state index contributed by atoms with van der Waals surface area (Å²) in [5.74, 6) is -1.05. The summed E-state index contributed by atoms with van der Waals surface area (Å²) >= 11 is 0. The normalized spacial score (nSPS) is 20.2. The van der Waals surface area contributed by atoms with Gasteiger partial charge in [-0.25, -0.2) is 4.79 Å². The average molecular weight is 326 g/mol. The van der Waals surface area contributed by atoms with Crippen molar-refractivity contribution in [3.63, 3.8) is 0 Å². The first-order valence-corrected chi connectivity index (χ1v) is 8.03. The molecule has 1 fully saturated rings. The number of hydrogen-bond acceptors (Lipinski definition) is 4. The Bertz CT molecular complexity index is 814. The van der Waals surface area contributed by atoms with Crippen LogP contribution in [0.3, 0.4) is 0 Å². The Hall–Kier alpha value is -2.67. The number of amides is 1. The van der Waals surface area contributed by atoms with E-state index in [-0.39, 0.29) is 17.4 Å². The van der Waals surface area contributed by atoms with Crippen LogP contribution in [-0.2, 0) is 17.9 Å². The Kier molecular flexibility index (Phi) is 3.57. The number of aromatic carboxylic acids is 1. The lowest BCUT2D eigenvalue weighted by molar-refractivity contribution is -0.117. The molecule has 124 valence electrons. The van der Waals surface area contributed by atoms with Crippen LogP contribution < -0.4 is 10.2 Å². The second-order valence-electron chi connectivity index (χ2n) is 6.17. The van der Waals surface area contributed by atoms with E-state index >= 15 is 0 Å². The van der Waals surface area contributed by atoms with Crippen LogP contribution in [0.1, 0.15) is 34.0 Å². The van der Waals surface area contributed by atoms with Crippen molar-refractivity contribution < 1.29 is 14.7 Å². The van der Waals surface area contributed by atoms with Crippen LogP contribution in [0.2, 0.25) is 0 Å². The first-order chi connectivity index (χ1) is 11.6. The Balaban J connectivity index is 1.65. The Morgan fingerprint density at radius 1 is 1.33 bits per heavy atom. The zero-order valence-electron chi connectivity index (χ0n) is 13.1. The highest BCUT2D eigenvalue weighted by Gasteiger charge is 2.35. The lowest BCUT2D eigenvalue weighted by Gasteiger charge is -2.21. The van der Waals surface area contributed by atoms with Crippen LogP contribution in [0.5, 0.6) is 0 Å². The van der Waals surface area contributed by atoms with Gasteiger partial charge in [0.05, 0.1) is 29.7 Å². The van der Waals surface area contributed by atoms with E-state index in [0.717, 1.165) is 30.0 Å². The number of hydrogen-bond donors (Lipinski definition) is 2. The van der Waals surface area contributed by atoms with Gasteiger partial charge in [-0.3, -0.25) is 9.48 Å². The Labute approximate surface area is 138 Å². The molecular weight excluding hydrogens is 308 g/mol. The predicted molar refractivity (Wildman–Crippen MR) is 87.0 cm³/mol. The molecule has 0 spiro atoms. The van der Waals surface area contributed by atoms with Crippen molar-refractivity contribution in [1.82, 2.24) is 15.1 Å². The minimum absolute atomic E-state index is 0.0153. The second kappa shape index (κ2) is 5.76. The fourth-order valence-electron chi connectivity index (χ4n) is 3.59. The van der Waals surface area contributed by atoms with Crippen molar-refractivity contribution in [2.75, 3.05) is 18.0 Å². The van der Waals surface area contributed by atoms with E-state index in [9.17, 15) is 14.7 Å². The first-order valence-electron chi connectivity index (χ1n) is 8.03. The van der Waals surface area contributed by atoms with Crippen molar-refractivity contribution in [2.45, 2.75) is 25.4 Å². The molecule has 2 aliphatic heterocycles. The molecular formula is C17H18N4O3. The number of nitrogens with zero attached hydrogens (tertiary/aromatic N) is 3. The third-order valence-electron chi connectivity index (χ3n) is 4.77. The molecule has 2 N–H and O–H groups in total. The minimum atomic E-state index is -0.955. The standard InChI is InChI=1S/C17H18N4O3/c22-16-7-11(12-3-1-2-4-13(12)17(23)24)10-20(16)14-9-19-21-6-5-18-8-15(14)21/h1-4,9,11,18H,5-8,10H2,(H,23,24). The third-order valence-corrected chi connectivity index (χ3v) is 4.77. The van der Waals surface area contributed by atoms with E-state index in [1.165, 1.54) is 0 Å². The molecule has 1 atom stereocenters. The van der Waals surface area contributed by atoms with E-state index in [1.54, 1.807) is 29.3 Å². The van der Waals surface area contributed by atoms with Gasteiger partial charge in [0.25, 0.3) is 0 Å². The summed E-state index contributed by atoms with van der Waals surface area (Å²) in [6, 6.07) is 6.93. The largest absolute Gasteiger partial charge is 0.478 e. The molecule has 0 bridgehead atoms. The van der Waals surface area contributed by atoms with Crippen molar-refractivity contribution in [3.8, 4) is 0 Å². The third kappa shape index (κ3) is 2.37. The van der Waals surface area contributed by atoms with E-state index in [0.29, 0.717) is 19.5 Å². The molecule has 0 aliphatic carbocycles. The molecule has 2 aromatic rings. The summed E-state index contributed by atoms with van der Waals surface area (Å²) in [5, 5.41) is 17.0. The zero-order chi connectivity index (χ0) is 16.7. The maximum Gasteiger partial charge on any atom is 0.335 e. The molecule has 7 nitrogen and oxygen atoms in total. The lowest BCUT2D eigenvalue weighted by atomic mass is 9.93. The quantitative estimate of drug-likeness (QED) is 0.885. The van der Waals surface area contributed by atoms with Crippen LogP contribution in [0.15, 0.2) is 30.5 Å². The fraction of sp³-hybridized carbons (Fsp3) is 0.353. The number of fused-ring (bicyclic) bond motifs is 1. The van der Waals surface area contributed by atoms with E-state index in [2.05, 4.69) is 10.4 Å². The fourth-order valence-corrected chi connectivity index (χ4v) is 3.59. The number of anilines is 1. The molecule has 2 aliphatic rings. The summed E-state index contributed by atoms with van der Waals surface area (Å²) in [7, 11) is 0. The summed E-state index contributed by atoms with van der Waals surface area (Å²) in [4.78, 5) is 25.7. The number of aromatic nitrogens is 2. The van der Waals surface area contributed by atoms with E-state index in [1.807, 2.05) is 10.7 Å². The van der Waals surface area contributed by atoms with Crippen LogP contribution in [0.25, 0.3) is 0 Å². The molecule has 4 rings (SSSR count). The number of carboxylic acids is 1. The van der Waals surface area contributed by atoms with Crippen LogP contribution in [0.4, 0.5) is 5.69 Å². The summed E-state index contributed by atoms with van der Waals surface area (Å²) in [6.45, 7) is 2.84. The second-order valence-corrected chi connectivity index (χ2v) is 6.17. The molecule has 1 amide bonds. The number of carbonyl (C=O) groups is 2. The highest BCUT2D eigenvalue weighted by molar-refractivity contribution is 5.98. The van der Waals surface area contributed by atoms with Gasteiger partial charge in [0.2, 0.25) is 5.91 Å². The average Bonchev–Trinajstić information content (AvgIpc) is 3.18. The molecule has 1 unspecified atom stereocenters. The predicted octanol–water partition coefficient (Wildman–Crippen LogP) is 1.20.